The van der Waals surface area contributed by atoms with Gasteiger partial charge in [0.1, 0.15) is 0 Å². The van der Waals surface area contributed by atoms with Gasteiger partial charge in [0.2, 0.25) is 0 Å². The Morgan fingerprint density at radius 1 is 1.20 bits per heavy atom. The van der Waals surface area contributed by atoms with Gasteiger partial charge in [0.15, 0.2) is 5.78 Å². The number of carbonyl (C=O) groups is 2. The van der Waals surface area contributed by atoms with Crippen molar-refractivity contribution in [2.75, 3.05) is 13.1 Å². The average Bonchev–Trinajstić information content (AvgIpc) is 3.06. The van der Waals surface area contributed by atoms with Gasteiger partial charge in [0, 0.05) is 18.6 Å². The molecule has 3 rings (SSSR count). The quantitative estimate of drug-likeness (QED) is 0.870. The molecule has 2 aliphatic rings. The Morgan fingerprint density at radius 3 is 2.75 bits per heavy atom. The zero-order valence-corrected chi connectivity index (χ0v) is 12.5. The van der Waals surface area contributed by atoms with Crippen molar-refractivity contribution in [2.24, 2.45) is 0 Å². The third-order valence-electron chi connectivity index (χ3n) is 4.35. The van der Waals surface area contributed by atoms with Crippen molar-refractivity contribution in [1.29, 1.82) is 0 Å². The van der Waals surface area contributed by atoms with E-state index in [0.29, 0.717) is 15.8 Å². The lowest BCUT2D eigenvalue weighted by Gasteiger charge is -2.32. The van der Waals surface area contributed by atoms with Crippen molar-refractivity contribution in [2.45, 2.75) is 44.7 Å². The number of fused-ring (bicyclic) bond motifs is 1. The summed E-state index contributed by atoms with van der Waals surface area (Å²) in [6, 6.07) is 4.28. The van der Waals surface area contributed by atoms with Crippen LogP contribution in [0.1, 0.15) is 52.0 Å². The van der Waals surface area contributed by atoms with Crippen LogP contribution in [0.25, 0.3) is 0 Å². The molecule has 0 saturated carbocycles. The summed E-state index contributed by atoms with van der Waals surface area (Å²) in [6.45, 7) is 3.80. The van der Waals surface area contributed by atoms with E-state index < -0.39 is 0 Å². The summed E-state index contributed by atoms with van der Waals surface area (Å²) >= 11 is 1.29. The molecular formula is C15H20N2O2S. The zero-order valence-electron chi connectivity index (χ0n) is 11.7. The molecule has 3 heterocycles. The van der Waals surface area contributed by atoms with Crippen molar-refractivity contribution in [3.05, 3.63) is 21.9 Å². The van der Waals surface area contributed by atoms with E-state index in [0.717, 1.165) is 13.0 Å². The number of hydrogen-bond acceptors (Lipinski definition) is 4. The minimum Gasteiger partial charge on any atom is -0.347 e. The van der Waals surface area contributed by atoms with E-state index in [2.05, 4.69) is 10.2 Å². The second kappa shape index (κ2) is 5.66. The lowest BCUT2D eigenvalue weighted by molar-refractivity contribution is 0.0919. The fourth-order valence-electron chi connectivity index (χ4n) is 3.30. The van der Waals surface area contributed by atoms with Crippen LogP contribution in [-0.4, -0.2) is 41.8 Å². The first-order chi connectivity index (χ1) is 9.65. The van der Waals surface area contributed by atoms with Crippen molar-refractivity contribution < 1.29 is 9.59 Å². The summed E-state index contributed by atoms with van der Waals surface area (Å²) < 4.78 is 0. The highest BCUT2D eigenvalue weighted by Crippen LogP contribution is 2.27. The van der Waals surface area contributed by atoms with Gasteiger partial charge in [-0.3, -0.25) is 14.5 Å². The maximum absolute atomic E-state index is 12.3. The molecule has 0 radical (unpaired) electrons. The Morgan fingerprint density at radius 2 is 2.00 bits per heavy atom. The van der Waals surface area contributed by atoms with E-state index in [1.807, 2.05) is 0 Å². The van der Waals surface area contributed by atoms with Gasteiger partial charge in [0.25, 0.3) is 5.91 Å². The number of carbonyl (C=O) groups excluding carboxylic acids is 2. The van der Waals surface area contributed by atoms with Crippen LogP contribution in [0.15, 0.2) is 12.1 Å². The monoisotopic (exact) mass is 292 g/mol. The number of hydrogen-bond donors (Lipinski definition) is 1. The molecule has 2 fully saturated rings. The Balaban J connectivity index is 1.65. The lowest BCUT2D eigenvalue weighted by Crippen LogP contribution is -2.46. The molecule has 2 atom stereocenters. The summed E-state index contributed by atoms with van der Waals surface area (Å²) in [5.74, 6) is -0.00621. The van der Waals surface area contributed by atoms with Gasteiger partial charge in [-0.2, -0.15) is 0 Å². The standard InChI is InChI=1S/C15H20N2O2S/c1-10(18)13-5-6-14(20-13)15(19)16-11-7-9-17-8-3-2-4-12(11)17/h5-6,11-12H,2-4,7-9H2,1H3,(H,16,19)/t11-,12+/m1/s1. The van der Waals surface area contributed by atoms with E-state index in [1.165, 1.54) is 44.1 Å². The van der Waals surface area contributed by atoms with Gasteiger partial charge in [-0.05, 0) is 44.9 Å². The first-order valence-electron chi connectivity index (χ1n) is 7.31. The molecule has 2 aliphatic heterocycles. The maximum Gasteiger partial charge on any atom is 0.261 e. The van der Waals surface area contributed by atoms with E-state index in [1.54, 1.807) is 12.1 Å². The van der Waals surface area contributed by atoms with Gasteiger partial charge in [0.05, 0.1) is 9.75 Å². The predicted molar refractivity (Wildman–Crippen MR) is 79.4 cm³/mol. The SMILES string of the molecule is CC(=O)c1ccc(C(=O)N[C@@H]2CCN3CCCC[C@@H]23)s1. The Labute approximate surface area is 123 Å². The van der Waals surface area contributed by atoms with E-state index >= 15 is 0 Å². The summed E-state index contributed by atoms with van der Waals surface area (Å²) in [7, 11) is 0. The van der Waals surface area contributed by atoms with Crippen LogP contribution < -0.4 is 5.32 Å². The number of rotatable bonds is 3. The summed E-state index contributed by atoms with van der Waals surface area (Å²) in [5, 5.41) is 3.17. The van der Waals surface area contributed by atoms with E-state index in [4.69, 9.17) is 0 Å². The normalized spacial score (nSPS) is 26.2. The second-order valence-corrected chi connectivity index (χ2v) is 6.77. The van der Waals surface area contributed by atoms with Crippen LogP contribution in [0, 0.1) is 0 Å². The summed E-state index contributed by atoms with van der Waals surface area (Å²) in [4.78, 5) is 27.4. The first kappa shape index (κ1) is 13.8. The number of nitrogens with zero attached hydrogens (tertiary/aromatic N) is 1. The van der Waals surface area contributed by atoms with Crippen LogP contribution in [0.4, 0.5) is 0 Å². The van der Waals surface area contributed by atoms with Crippen LogP contribution in [0.2, 0.25) is 0 Å². The summed E-state index contributed by atoms with van der Waals surface area (Å²) in [5.41, 5.74) is 0. The molecule has 0 aromatic carbocycles. The highest BCUT2D eigenvalue weighted by atomic mass is 32.1. The largest absolute Gasteiger partial charge is 0.347 e. The third-order valence-corrected chi connectivity index (χ3v) is 5.53. The number of nitrogens with one attached hydrogen (secondary N) is 1. The molecule has 1 aromatic heterocycles. The summed E-state index contributed by atoms with van der Waals surface area (Å²) in [6.07, 6.45) is 4.78. The maximum atomic E-state index is 12.3. The minimum atomic E-state index is -0.0278. The number of piperidine rings is 1. The molecule has 108 valence electrons. The molecule has 0 aliphatic carbocycles. The molecule has 4 nitrogen and oxygen atoms in total. The minimum absolute atomic E-state index is 0.0216. The molecule has 1 N–H and O–H groups in total. The van der Waals surface area contributed by atoms with Crippen LogP contribution in [-0.2, 0) is 0 Å². The van der Waals surface area contributed by atoms with Gasteiger partial charge < -0.3 is 5.32 Å². The molecule has 0 spiro atoms. The molecule has 1 amide bonds. The van der Waals surface area contributed by atoms with Crippen LogP contribution in [0.5, 0.6) is 0 Å². The molecule has 1 aromatic rings. The van der Waals surface area contributed by atoms with Crippen molar-refractivity contribution in [3.63, 3.8) is 0 Å². The fourth-order valence-corrected chi connectivity index (χ4v) is 4.11. The number of ketones is 1. The second-order valence-electron chi connectivity index (χ2n) is 5.69. The van der Waals surface area contributed by atoms with Crippen molar-refractivity contribution in [1.82, 2.24) is 10.2 Å². The van der Waals surface area contributed by atoms with Gasteiger partial charge >= 0.3 is 0 Å². The van der Waals surface area contributed by atoms with Gasteiger partial charge in [-0.25, -0.2) is 0 Å². The smallest absolute Gasteiger partial charge is 0.261 e. The predicted octanol–water partition coefficient (Wildman–Crippen LogP) is 2.31. The average molecular weight is 292 g/mol. The highest BCUT2D eigenvalue weighted by molar-refractivity contribution is 7.15. The fraction of sp³-hybridized carbons (Fsp3) is 0.600. The molecule has 20 heavy (non-hydrogen) atoms. The topological polar surface area (TPSA) is 49.4 Å². The van der Waals surface area contributed by atoms with Crippen LogP contribution in [0.3, 0.4) is 0 Å². The van der Waals surface area contributed by atoms with Gasteiger partial charge in [-0.1, -0.05) is 6.42 Å². The third kappa shape index (κ3) is 2.65. The molecule has 2 saturated heterocycles. The highest BCUT2D eigenvalue weighted by Gasteiger charge is 2.36. The number of amides is 1. The zero-order chi connectivity index (χ0) is 14.1. The Bertz CT molecular complexity index is 526. The molecule has 0 bridgehead atoms. The van der Waals surface area contributed by atoms with Crippen molar-refractivity contribution in [3.8, 4) is 0 Å². The Hall–Kier alpha value is -1.20. The lowest BCUT2D eigenvalue weighted by atomic mass is 9.99. The first-order valence-corrected chi connectivity index (χ1v) is 8.12. The van der Waals surface area contributed by atoms with E-state index in [-0.39, 0.29) is 17.7 Å². The number of thiophene rings is 1. The van der Waals surface area contributed by atoms with Crippen molar-refractivity contribution >= 4 is 23.0 Å². The van der Waals surface area contributed by atoms with Gasteiger partial charge in [-0.15, -0.1) is 11.3 Å². The Kier molecular flexibility index (Phi) is 3.89. The molecule has 0 unspecified atom stereocenters. The molecule has 5 heteroatoms. The number of Topliss-reactive ketones (excluding diaryl/α,β-unsaturated/α-hetero) is 1. The molecular weight excluding hydrogens is 272 g/mol. The van der Waals surface area contributed by atoms with Crippen LogP contribution >= 0.6 is 11.3 Å². The van der Waals surface area contributed by atoms with E-state index in [9.17, 15) is 9.59 Å².